The number of thiophene rings is 1. The molecule has 0 radical (unpaired) electrons. The zero-order valence-corrected chi connectivity index (χ0v) is 14.6. The summed E-state index contributed by atoms with van der Waals surface area (Å²) < 4.78 is 0.876. The van der Waals surface area contributed by atoms with Crippen LogP contribution in [-0.4, -0.2) is 40.3 Å². The Hall–Kier alpha value is -2.19. The molecular formula is C15H13BrN4O2S. The van der Waals surface area contributed by atoms with Crippen LogP contribution < -0.4 is 5.32 Å². The van der Waals surface area contributed by atoms with Gasteiger partial charge < -0.3 is 9.88 Å². The Morgan fingerprint density at radius 3 is 2.78 bits per heavy atom. The molecule has 0 aliphatic carbocycles. The summed E-state index contributed by atoms with van der Waals surface area (Å²) in [6.07, 6.45) is 0. The molecule has 0 fully saturated rings. The lowest BCUT2D eigenvalue weighted by molar-refractivity contribution is -0.116. The molecule has 0 saturated carbocycles. The summed E-state index contributed by atoms with van der Waals surface area (Å²) in [5.41, 5.74) is 1.62. The average molecular weight is 393 g/mol. The third-order valence-electron chi connectivity index (χ3n) is 3.16. The highest BCUT2D eigenvalue weighted by Gasteiger charge is 2.17. The summed E-state index contributed by atoms with van der Waals surface area (Å²) in [4.78, 5) is 33.5. The first kappa shape index (κ1) is 15.7. The Bertz CT molecular complexity index is 840. The van der Waals surface area contributed by atoms with Crippen molar-refractivity contribution in [3.05, 3.63) is 45.1 Å². The van der Waals surface area contributed by atoms with Gasteiger partial charge in [0.2, 0.25) is 11.9 Å². The van der Waals surface area contributed by atoms with Crippen LogP contribution in [0, 0.1) is 0 Å². The minimum absolute atomic E-state index is 0.0502. The number of para-hydroxylation sites is 2. The molecule has 2 amide bonds. The van der Waals surface area contributed by atoms with Crippen LogP contribution >= 0.6 is 27.3 Å². The van der Waals surface area contributed by atoms with Gasteiger partial charge in [0.15, 0.2) is 0 Å². The summed E-state index contributed by atoms with van der Waals surface area (Å²) in [5.74, 6) is -0.132. The number of H-pyrrole nitrogens is 1. The van der Waals surface area contributed by atoms with Gasteiger partial charge in [0.1, 0.15) is 0 Å². The van der Waals surface area contributed by atoms with E-state index in [1.807, 2.05) is 24.3 Å². The number of imidazole rings is 1. The van der Waals surface area contributed by atoms with E-state index < -0.39 is 0 Å². The van der Waals surface area contributed by atoms with Crippen LogP contribution in [0.1, 0.15) is 9.67 Å². The van der Waals surface area contributed by atoms with Gasteiger partial charge in [-0.2, -0.15) is 0 Å². The molecule has 0 bridgehead atoms. The number of halogens is 1. The maximum Gasteiger partial charge on any atom is 0.264 e. The Balaban J connectivity index is 1.63. The van der Waals surface area contributed by atoms with Crippen molar-refractivity contribution in [2.24, 2.45) is 0 Å². The van der Waals surface area contributed by atoms with E-state index in [0.29, 0.717) is 10.8 Å². The lowest BCUT2D eigenvalue weighted by Gasteiger charge is -2.15. The Labute approximate surface area is 144 Å². The van der Waals surface area contributed by atoms with Crippen LogP contribution in [0.15, 0.2) is 40.2 Å². The second-order valence-electron chi connectivity index (χ2n) is 4.92. The normalized spacial score (nSPS) is 10.7. The average Bonchev–Trinajstić information content (AvgIpc) is 3.11. The molecule has 0 atom stereocenters. The number of likely N-dealkylation sites (N-methyl/N-ethyl adjacent to an activating group) is 1. The molecule has 118 valence electrons. The van der Waals surface area contributed by atoms with E-state index in [-0.39, 0.29) is 18.4 Å². The van der Waals surface area contributed by atoms with Gasteiger partial charge in [-0.25, -0.2) is 4.98 Å². The first-order valence-electron chi connectivity index (χ1n) is 6.78. The van der Waals surface area contributed by atoms with E-state index in [2.05, 4.69) is 31.2 Å². The molecular weight excluding hydrogens is 380 g/mol. The number of hydrogen-bond donors (Lipinski definition) is 2. The lowest BCUT2D eigenvalue weighted by atomic mass is 10.3. The summed E-state index contributed by atoms with van der Waals surface area (Å²) in [6.45, 7) is -0.0502. The van der Waals surface area contributed by atoms with Crippen LogP contribution in [-0.2, 0) is 4.79 Å². The van der Waals surface area contributed by atoms with Gasteiger partial charge in [0.05, 0.1) is 26.2 Å². The number of hydrogen-bond acceptors (Lipinski definition) is 4. The monoisotopic (exact) mass is 392 g/mol. The molecule has 0 saturated heterocycles. The molecule has 2 aromatic heterocycles. The maximum atomic E-state index is 12.2. The lowest BCUT2D eigenvalue weighted by Crippen LogP contribution is -2.34. The predicted molar refractivity (Wildman–Crippen MR) is 93.7 cm³/mol. The molecule has 3 rings (SSSR count). The van der Waals surface area contributed by atoms with E-state index in [1.54, 1.807) is 19.2 Å². The van der Waals surface area contributed by atoms with Crippen LogP contribution in [0.25, 0.3) is 11.0 Å². The molecule has 3 aromatic rings. The number of amides is 2. The van der Waals surface area contributed by atoms with Gasteiger partial charge in [-0.05, 0) is 40.2 Å². The fraction of sp³-hybridized carbons (Fsp3) is 0.133. The zero-order chi connectivity index (χ0) is 16.4. The molecule has 0 unspecified atom stereocenters. The van der Waals surface area contributed by atoms with Gasteiger partial charge in [-0.15, -0.1) is 11.3 Å². The van der Waals surface area contributed by atoms with Crippen LogP contribution in [0.5, 0.6) is 0 Å². The highest BCUT2D eigenvalue weighted by atomic mass is 79.9. The number of nitrogens with zero attached hydrogens (tertiary/aromatic N) is 2. The van der Waals surface area contributed by atoms with Crippen molar-refractivity contribution in [1.82, 2.24) is 14.9 Å². The quantitative estimate of drug-likeness (QED) is 0.715. The van der Waals surface area contributed by atoms with Crippen molar-refractivity contribution in [2.75, 3.05) is 18.9 Å². The molecule has 8 heteroatoms. The minimum atomic E-state index is -0.310. The predicted octanol–water partition coefficient (Wildman–Crippen LogP) is 3.10. The van der Waals surface area contributed by atoms with Crippen molar-refractivity contribution in [3.8, 4) is 0 Å². The Morgan fingerprint density at radius 2 is 2.09 bits per heavy atom. The van der Waals surface area contributed by atoms with Gasteiger partial charge in [0.25, 0.3) is 5.91 Å². The highest BCUT2D eigenvalue weighted by molar-refractivity contribution is 9.11. The number of fused-ring (bicyclic) bond motifs is 1. The highest BCUT2D eigenvalue weighted by Crippen LogP contribution is 2.23. The maximum absolute atomic E-state index is 12.2. The van der Waals surface area contributed by atoms with Crippen molar-refractivity contribution in [3.63, 3.8) is 0 Å². The molecule has 6 nitrogen and oxygen atoms in total. The second-order valence-corrected chi connectivity index (χ2v) is 7.38. The van der Waals surface area contributed by atoms with Gasteiger partial charge >= 0.3 is 0 Å². The number of rotatable bonds is 4. The Kier molecular flexibility index (Phi) is 4.44. The summed E-state index contributed by atoms with van der Waals surface area (Å²) >= 11 is 4.65. The van der Waals surface area contributed by atoms with Crippen molar-refractivity contribution >= 4 is 56.1 Å². The third-order valence-corrected chi connectivity index (χ3v) is 4.77. The van der Waals surface area contributed by atoms with Gasteiger partial charge in [-0.1, -0.05) is 12.1 Å². The smallest absolute Gasteiger partial charge is 0.264 e. The van der Waals surface area contributed by atoms with E-state index in [9.17, 15) is 9.59 Å². The molecule has 0 aliphatic heterocycles. The standard InChI is InChI=1S/C15H13BrN4O2S/c1-20(14(22)11-6-7-12(16)23-11)8-13(21)19-15-17-9-4-2-3-5-10(9)18-15/h2-7H,8H2,1H3,(H2,17,18,19,21). The molecule has 2 heterocycles. The molecule has 2 N–H and O–H groups in total. The van der Waals surface area contributed by atoms with Crippen LogP contribution in [0.3, 0.4) is 0 Å². The number of nitrogens with one attached hydrogen (secondary N) is 2. The fourth-order valence-electron chi connectivity index (χ4n) is 2.09. The number of carbonyl (C=O) groups excluding carboxylic acids is 2. The van der Waals surface area contributed by atoms with Gasteiger partial charge in [0, 0.05) is 7.05 Å². The van der Waals surface area contributed by atoms with E-state index in [1.165, 1.54) is 16.2 Å². The second kappa shape index (κ2) is 6.51. The van der Waals surface area contributed by atoms with Gasteiger partial charge in [-0.3, -0.25) is 14.9 Å². The SMILES string of the molecule is CN(CC(=O)Nc1nc2ccccc2[nH]1)C(=O)c1ccc(Br)s1. The molecule has 23 heavy (non-hydrogen) atoms. The topological polar surface area (TPSA) is 78.1 Å². The minimum Gasteiger partial charge on any atom is -0.332 e. The largest absolute Gasteiger partial charge is 0.332 e. The number of anilines is 1. The van der Waals surface area contributed by atoms with E-state index in [0.717, 1.165) is 14.8 Å². The first-order valence-corrected chi connectivity index (χ1v) is 8.39. The number of aromatic amines is 1. The van der Waals surface area contributed by atoms with Crippen molar-refractivity contribution < 1.29 is 9.59 Å². The van der Waals surface area contributed by atoms with Crippen LogP contribution in [0.4, 0.5) is 5.95 Å². The summed E-state index contributed by atoms with van der Waals surface area (Å²) in [6, 6.07) is 11.0. The fourth-order valence-corrected chi connectivity index (χ4v) is 3.47. The number of benzene rings is 1. The summed E-state index contributed by atoms with van der Waals surface area (Å²) in [5, 5.41) is 2.67. The number of carbonyl (C=O) groups is 2. The first-order chi connectivity index (χ1) is 11.0. The van der Waals surface area contributed by atoms with E-state index in [4.69, 9.17) is 0 Å². The molecule has 0 aliphatic rings. The Morgan fingerprint density at radius 1 is 1.30 bits per heavy atom. The van der Waals surface area contributed by atoms with Crippen LogP contribution in [0.2, 0.25) is 0 Å². The van der Waals surface area contributed by atoms with Crippen molar-refractivity contribution in [1.29, 1.82) is 0 Å². The summed E-state index contributed by atoms with van der Waals surface area (Å²) in [7, 11) is 1.59. The third kappa shape index (κ3) is 3.59. The molecule has 1 aromatic carbocycles. The zero-order valence-electron chi connectivity index (χ0n) is 12.2. The number of aromatic nitrogens is 2. The van der Waals surface area contributed by atoms with Crippen molar-refractivity contribution in [2.45, 2.75) is 0 Å². The molecule has 0 spiro atoms. The van der Waals surface area contributed by atoms with E-state index >= 15 is 0 Å².